The van der Waals surface area contributed by atoms with Crippen molar-refractivity contribution in [3.8, 4) is 11.5 Å². The molecule has 23 heavy (non-hydrogen) atoms. The van der Waals surface area contributed by atoms with Gasteiger partial charge in [0.25, 0.3) is 0 Å². The highest BCUT2D eigenvalue weighted by Gasteiger charge is 2.12. The molecule has 0 atom stereocenters. The Bertz CT molecular complexity index is 608. The number of ether oxygens (including phenoxy) is 2. The molecular weight excluding hydrogens is 336 g/mol. The second kappa shape index (κ2) is 8.61. The predicted molar refractivity (Wildman–Crippen MR) is 90.9 cm³/mol. The molecule has 120 valence electrons. The standard InChI is InChI=1S/C16H14O5S2/c1-19-13-7-3-11(4-8-13)15(17)22-21-23-16(18)12-5-9-14(20-2)10-6-12/h3-10H,1-2H3. The lowest BCUT2D eigenvalue weighted by atomic mass is 10.2. The molecule has 0 fully saturated rings. The van der Waals surface area contributed by atoms with Gasteiger partial charge in [0.1, 0.15) is 11.5 Å². The highest BCUT2D eigenvalue weighted by Crippen LogP contribution is 2.25. The molecule has 7 heteroatoms. The highest BCUT2D eigenvalue weighted by atomic mass is 32.2. The number of carbonyl (C=O) groups is 2. The first-order chi connectivity index (χ1) is 11.1. The van der Waals surface area contributed by atoms with Crippen molar-refractivity contribution in [1.29, 1.82) is 0 Å². The van der Waals surface area contributed by atoms with Gasteiger partial charge in [-0.1, -0.05) is 0 Å². The Balaban J connectivity index is 1.83. The van der Waals surface area contributed by atoms with E-state index >= 15 is 0 Å². The van der Waals surface area contributed by atoms with Crippen LogP contribution in [0.3, 0.4) is 0 Å². The van der Waals surface area contributed by atoms with E-state index in [9.17, 15) is 9.59 Å². The predicted octanol–water partition coefficient (Wildman–Crippen LogP) is 4.00. The third-order valence-corrected chi connectivity index (χ3v) is 4.19. The number of carbonyl (C=O) groups excluding carboxylic acids is 2. The third-order valence-electron chi connectivity index (χ3n) is 2.87. The second-order valence-electron chi connectivity index (χ2n) is 4.27. The van der Waals surface area contributed by atoms with Crippen LogP contribution in [-0.4, -0.2) is 24.5 Å². The molecule has 0 aromatic heterocycles. The van der Waals surface area contributed by atoms with Gasteiger partial charge in [0, 0.05) is 11.1 Å². The van der Waals surface area contributed by atoms with Crippen molar-refractivity contribution in [2.45, 2.75) is 0 Å². The smallest absolute Gasteiger partial charge is 0.247 e. The van der Waals surface area contributed by atoms with Crippen molar-refractivity contribution in [2.75, 3.05) is 14.2 Å². The molecule has 2 aromatic rings. The number of benzene rings is 2. The lowest BCUT2D eigenvalue weighted by Gasteiger charge is -2.03. The fourth-order valence-electron chi connectivity index (χ4n) is 1.63. The number of hydrogen-bond acceptors (Lipinski definition) is 7. The molecule has 0 radical (unpaired) electrons. The summed E-state index contributed by atoms with van der Waals surface area (Å²) in [6.45, 7) is 0. The zero-order chi connectivity index (χ0) is 16.7. The van der Waals surface area contributed by atoms with Gasteiger partial charge in [0.05, 0.1) is 38.3 Å². The van der Waals surface area contributed by atoms with Gasteiger partial charge >= 0.3 is 0 Å². The zero-order valence-electron chi connectivity index (χ0n) is 12.5. The summed E-state index contributed by atoms with van der Waals surface area (Å²) < 4.78 is 15.1. The van der Waals surface area contributed by atoms with Gasteiger partial charge in [-0.2, -0.15) is 0 Å². The first-order valence-electron chi connectivity index (χ1n) is 6.52. The highest BCUT2D eigenvalue weighted by molar-refractivity contribution is 8.22. The van der Waals surface area contributed by atoms with Crippen LogP contribution in [0.25, 0.3) is 0 Å². The fourth-order valence-corrected chi connectivity index (χ4v) is 2.72. The Labute approximate surface area is 142 Å². The van der Waals surface area contributed by atoms with Gasteiger partial charge in [-0.05, 0) is 48.5 Å². The van der Waals surface area contributed by atoms with E-state index < -0.39 is 0 Å². The molecule has 0 saturated carbocycles. The average Bonchev–Trinajstić information content (AvgIpc) is 2.61. The van der Waals surface area contributed by atoms with Gasteiger partial charge in [-0.3, -0.25) is 9.59 Å². The molecule has 0 aliphatic rings. The van der Waals surface area contributed by atoms with E-state index in [4.69, 9.17) is 13.1 Å². The SMILES string of the molecule is COc1ccc(C(=O)SOSC(=O)c2ccc(OC)cc2)cc1. The molecule has 5 nitrogen and oxygen atoms in total. The maximum atomic E-state index is 11.9. The first kappa shape index (κ1) is 17.4. The molecule has 0 N–H and O–H groups in total. The summed E-state index contributed by atoms with van der Waals surface area (Å²) in [6.07, 6.45) is 0. The van der Waals surface area contributed by atoms with E-state index in [1.54, 1.807) is 62.8 Å². The monoisotopic (exact) mass is 350 g/mol. The van der Waals surface area contributed by atoms with Crippen LogP contribution < -0.4 is 9.47 Å². The van der Waals surface area contributed by atoms with E-state index in [0.717, 1.165) is 0 Å². The normalized spacial score (nSPS) is 10.2. The molecule has 0 aliphatic carbocycles. The van der Waals surface area contributed by atoms with Crippen molar-refractivity contribution in [2.24, 2.45) is 0 Å². The first-order valence-corrected chi connectivity index (χ1v) is 8.00. The Morgan fingerprint density at radius 2 is 1.04 bits per heavy atom. The topological polar surface area (TPSA) is 61.8 Å². The molecule has 0 amide bonds. The summed E-state index contributed by atoms with van der Waals surface area (Å²) in [5.74, 6) is 1.33. The summed E-state index contributed by atoms with van der Waals surface area (Å²) in [7, 11) is 3.10. The molecule has 0 unspecified atom stereocenters. The molecule has 2 rings (SSSR count). The van der Waals surface area contributed by atoms with Gasteiger partial charge in [-0.15, -0.1) is 0 Å². The molecule has 0 bridgehead atoms. The number of methoxy groups -OCH3 is 2. The van der Waals surface area contributed by atoms with Crippen molar-refractivity contribution in [1.82, 2.24) is 0 Å². The van der Waals surface area contributed by atoms with Crippen molar-refractivity contribution >= 4 is 34.3 Å². The van der Waals surface area contributed by atoms with E-state index in [1.807, 2.05) is 0 Å². The molecular formula is C16H14O5S2. The van der Waals surface area contributed by atoms with Crippen LogP contribution in [0.1, 0.15) is 20.7 Å². The van der Waals surface area contributed by atoms with Crippen LogP contribution in [0, 0.1) is 0 Å². The van der Waals surface area contributed by atoms with Gasteiger partial charge in [0.2, 0.25) is 10.2 Å². The van der Waals surface area contributed by atoms with Gasteiger partial charge < -0.3 is 9.47 Å². The number of rotatable bonds is 6. The van der Waals surface area contributed by atoms with E-state index in [0.29, 0.717) is 46.7 Å². The Hall–Kier alpha value is -1.96. The lowest BCUT2D eigenvalue weighted by Crippen LogP contribution is -1.96. The molecule has 0 heterocycles. The minimum absolute atomic E-state index is 0.289. The Kier molecular flexibility index (Phi) is 6.52. The van der Waals surface area contributed by atoms with Crippen LogP contribution in [0.2, 0.25) is 0 Å². The Morgan fingerprint density at radius 1 is 0.696 bits per heavy atom. The zero-order valence-corrected chi connectivity index (χ0v) is 14.1. The molecule has 0 spiro atoms. The molecule has 0 aliphatic heterocycles. The summed E-state index contributed by atoms with van der Waals surface area (Å²) >= 11 is 1.22. The largest absolute Gasteiger partial charge is 0.497 e. The maximum Gasteiger partial charge on any atom is 0.247 e. The lowest BCUT2D eigenvalue weighted by molar-refractivity contribution is 0.108. The van der Waals surface area contributed by atoms with Crippen LogP contribution in [0.4, 0.5) is 0 Å². The Morgan fingerprint density at radius 3 is 1.35 bits per heavy atom. The van der Waals surface area contributed by atoms with E-state index in [-0.39, 0.29) is 10.2 Å². The van der Waals surface area contributed by atoms with Crippen molar-refractivity contribution < 1.29 is 22.7 Å². The van der Waals surface area contributed by atoms with Crippen LogP contribution >= 0.6 is 24.1 Å². The quantitative estimate of drug-likeness (QED) is 0.730. The second-order valence-corrected chi connectivity index (χ2v) is 5.89. The van der Waals surface area contributed by atoms with Crippen LogP contribution in [0.15, 0.2) is 48.5 Å². The van der Waals surface area contributed by atoms with Gasteiger partial charge in [-0.25, -0.2) is 3.63 Å². The van der Waals surface area contributed by atoms with E-state index in [2.05, 4.69) is 0 Å². The summed E-state index contributed by atoms with van der Waals surface area (Å²) in [6, 6.07) is 13.3. The molecule has 2 aromatic carbocycles. The summed E-state index contributed by atoms with van der Waals surface area (Å²) in [4.78, 5) is 23.8. The van der Waals surface area contributed by atoms with Crippen molar-refractivity contribution in [3.63, 3.8) is 0 Å². The minimum Gasteiger partial charge on any atom is -0.497 e. The fraction of sp³-hybridized carbons (Fsp3) is 0.125. The summed E-state index contributed by atoms with van der Waals surface area (Å²) in [5, 5.41) is -0.578. The van der Waals surface area contributed by atoms with Crippen LogP contribution in [0.5, 0.6) is 11.5 Å². The minimum atomic E-state index is -0.289. The third kappa shape index (κ3) is 5.02. The van der Waals surface area contributed by atoms with E-state index in [1.165, 1.54) is 0 Å². The van der Waals surface area contributed by atoms with Gasteiger partial charge in [0.15, 0.2) is 0 Å². The maximum absolute atomic E-state index is 11.9. The van der Waals surface area contributed by atoms with Crippen molar-refractivity contribution in [3.05, 3.63) is 59.7 Å². The number of hydrogen-bond donors (Lipinski definition) is 0. The summed E-state index contributed by atoms with van der Waals surface area (Å²) in [5.41, 5.74) is 0.932. The average molecular weight is 350 g/mol. The van der Waals surface area contributed by atoms with Crippen LogP contribution in [-0.2, 0) is 3.63 Å². The molecule has 0 saturated heterocycles.